The number of hydrogen-bond acceptors (Lipinski definition) is 8. The third-order valence-electron chi connectivity index (χ3n) is 5.64. The molecule has 0 aliphatic carbocycles. The average Bonchev–Trinajstić information content (AvgIpc) is 3.41. The fourth-order valence-corrected chi connectivity index (χ4v) is 3.55. The van der Waals surface area contributed by atoms with E-state index in [9.17, 15) is 19.4 Å². The molecule has 3 atom stereocenters. The van der Waals surface area contributed by atoms with Crippen LogP contribution in [0.4, 0.5) is 10.1 Å². The van der Waals surface area contributed by atoms with Crippen LogP contribution < -0.4 is 10.6 Å². The van der Waals surface area contributed by atoms with Crippen molar-refractivity contribution in [3.8, 4) is 11.9 Å². The maximum Gasteiger partial charge on any atom is 0.255 e. The molecule has 0 saturated carbocycles. The van der Waals surface area contributed by atoms with Gasteiger partial charge in [0.05, 0.1) is 54.3 Å². The summed E-state index contributed by atoms with van der Waals surface area (Å²) < 4.78 is 21.1. The van der Waals surface area contributed by atoms with Crippen LogP contribution in [-0.2, 0) is 4.74 Å². The standard InChI is InChI=1S/C23H25FN6O4/c1-23(2,33)19(24)10-28-22(32)15-9-26-20(6-16(15)29-17-11-34-12-18(17)31)30-4-3-14-5-13(7-25)8-27-21(14)30/h3-6,8-9,17-19,31,33H,10-12H2,1-2H3,(H,26,29)(H,28,32)/t17-,18-,19-/m1/s1. The zero-order valence-electron chi connectivity index (χ0n) is 18.7. The second-order valence-corrected chi connectivity index (χ2v) is 8.71. The monoisotopic (exact) mass is 468 g/mol. The van der Waals surface area contributed by atoms with Crippen LogP contribution in [0.2, 0.25) is 0 Å². The molecule has 34 heavy (non-hydrogen) atoms. The first-order valence-corrected chi connectivity index (χ1v) is 10.7. The van der Waals surface area contributed by atoms with Crippen molar-refractivity contribution in [2.24, 2.45) is 0 Å². The predicted molar refractivity (Wildman–Crippen MR) is 121 cm³/mol. The van der Waals surface area contributed by atoms with Crippen molar-refractivity contribution in [1.29, 1.82) is 5.26 Å². The van der Waals surface area contributed by atoms with Crippen molar-refractivity contribution in [2.45, 2.75) is 37.8 Å². The molecule has 1 amide bonds. The zero-order valence-corrected chi connectivity index (χ0v) is 18.7. The lowest BCUT2D eigenvalue weighted by Crippen LogP contribution is -2.42. The summed E-state index contributed by atoms with van der Waals surface area (Å²) in [5, 5.41) is 35.4. The number of carbonyl (C=O) groups is 1. The zero-order chi connectivity index (χ0) is 24.5. The highest BCUT2D eigenvalue weighted by atomic mass is 19.1. The topological polar surface area (TPSA) is 145 Å². The largest absolute Gasteiger partial charge is 0.388 e. The molecule has 0 radical (unpaired) electrons. The van der Waals surface area contributed by atoms with Crippen LogP contribution in [0, 0.1) is 11.3 Å². The lowest BCUT2D eigenvalue weighted by molar-refractivity contribution is -0.00177. The fraction of sp³-hybridized carbons (Fsp3) is 0.391. The van der Waals surface area contributed by atoms with Crippen LogP contribution in [0.3, 0.4) is 0 Å². The number of nitriles is 1. The number of rotatable bonds is 7. The molecule has 4 N–H and O–H groups in total. The van der Waals surface area contributed by atoms with Gasteiger partial charge in [-0.25, -0.2) is 14.4 Å². The molecule has 1 saturated heterocycles. The number of fused-ring (bicyclic) bond motifs is 1. The Morgan fingerprint density at radius 1 is 1.38 bits per heavy atom. The number of aliphatic hydroxyl groups is 2. The number of amides is 1. The normalized spacial score (nSPS) is 19.1. The molecule has 0 aromatic carbocycles. The molecule has 11 heteroatoms. The van der Waals surface area contributed by atoms with Crippen molar-refractivity contribution in [2.75, 3.05) is 25.1 Å². The molecule has 10 nitrogen and oxygen atoms in total. The van der Waals surface area contributed by atoms with E-state index in [2.05, 4.69) is 26.7 Å². The number of halogens is 1. The van der Waals surface area contributed by atoms with Crippen LogP contribution in [0.5, 0.6) is 0 Å². The highest BCUT2D eigenvalue weighted by Crippen LogP contribution is 2.25. The number of nitrogens with zero attached hydrogens (tertiary/aromatic N) is 4. The summed E-state index contributed by atoms with van der Waals surface area (Å²) in [7, 11) is 0. The minimum Gasteiger partial charge on any atom is -0.388 e. The molecule has 4 heterocycles. The summed E-state index contributed by atoms with van der Waals surface area (Å²) in [6, 6.07) is 6.73. The lowest BCUT2D eigenvalue weighted by atomic mass is 10.0. The van der Waals surface area contributed by atoms with Crippen molar-refractivity contribution in [1.82, 2.24) is 19.9 Å². The Kier molecular flexibility index (Phi) is 6.47. The van der Waals surface area contributed by atoms with Crippen molar-refractivity contribution in [3.63, 3.8) is 0 Å². The maximum atomic E-state index is 14.1. The quantitative estimate of drug-likeness (QED) is 0.406. The Balaban J connectivity index is 1.67. The molecule has 0 spiro atoms. The van der Waals surface area contributed by atoms with Crippen LogP contribution in [0.15, 0.2) is 36.8 Å². The first kappa shape index (κ1) is 23.6. The van der Waals surface area contributed by atoms with Gasteiger partial charge in [0.1, 0.15) is 23.7 Å². The van der Waals surface area contributed by atoms with Crippen LogP contribution >= 0.6 is 0 Å². The van der Waals surface area contributed by atoms with E-state index in [-0.39, 0.29) is 25.3 Å². The smallest absolute Gasteiger partial charge is 0.255 e. The number of hydrogen-bond donors (Lipinski definition) is 4. The Morgan fingerprint density at radius 3 is 2.85 bits per heavy atom. The summed E-state index contributed by atoms with van der Waals surface area (Å²) in [4.78, 5) is 21.6. The second kappa shape index (κ2) is 9.34. The van der Waals surface area contributed by atoms with Gasteiger partial charge in [0, 0.05) is 30.0 Å². The number of pyridine rings is 2. The van der Waals surface area contributed by atoms with Crippen molar-refractivity contribution >= 4 is 22.6 Å². The predicted octanol–water partition coefficient (Wildman–Crippen LogP) is 1.30. The molecule has 0 unspecified atom stereocenters. The lowest BCUT2D eigenvalue weighted by Gasteiger charge is -2.23. The van der Waals surface area contributed by atoms with Gasteiger partial charge in [-0.1, -0.05) is 0 Å². The Morgan fingerprint density at radius 2 is 2.18 bits per heavy atom. The first-order valence-electron chi connectivity index (χ1n) is 10.7. The van der Waals surface area contributed by atoms with Gasteiger partial charge in [-0.05, 0) is 26.0 Å². The van der Waals surface area contributed by atoms with E-state index >= 15 is 0 Å². The van der Waals surface area contributed by atoms with Gasteiger partial charge >= 0.3 is 0 Å². The van der Waals surface area contributed by atoms with Crippen molar-refractivity contribution in [3.05, 3.63) is 47.9 Å². The van der Waals surface area contributed by atoms with Gasteiger partial charge in [0.25, 0.3) is 5.91 Å². The van der Waals surface area contributed by atoms with E-state index in [1.807, 2.05) is 0 Å². The van der Waals surface area contributed by atoms with Gasteiger partial charge in [-0.15, -0.1) is 0 Å². The van der Waals surface area contributed by atoms with E-state index in [1.165, 1.54) is 26.2 Å². The third kappa shape index (κ3) is 4.84. The molecular weight excluding hydrogens is 443 g/mol. The van der Waals surface area contributed by atoms with Gasteiger partial charge in [0.15, 0.2) is 0 Å². The number of aromatic nitrogens is 3. The number of alkyl halides is 1. The second-order valence-electron chi connectivity index (χ2n) is 8.71. The molecule has 1 aliphatic rings. The molecule has 178 valence electrons. The highest BCUT2D eigenvalue weighted by molar-refractivity contribution is 5.99. The molecule has 4 rings (SSSR count). The molecule has 0 bridgehead atoms. The van der Waals surface area contributed by atoms with Crippen LogP contribution in [0.25, 0.3) is 16.9 Å². The van der Waals surface area contributed by atoms with Crippen LogP contribution in [-0.4, -0.2) is 74.3 Å². The van der Waals surface area contributed by atoms with E-state index in [0.717, 1.165) is 5.39 Å². The number of nitrogens with one attached hydrogen (secondary N) is 2. The van der Waals surface area contributed by atoms with E-state index in [4.69, 9.17) is 10.00 Å². The summed E-state index contributed by atoms with van der Waals surface area (Å²) in [5.41, 5.74) is -0.0899. The summed E-state index contributed by atoms with van der Waals surface area (Å²) >= 11 is 0. The highest BCUT2D eigenvalue weighted by Gasteiger charge is 2.29. The molecular formula is C23H25FN6O4. The SMILES string of the molecule is CC(C)(O)[C@H](F)CNC(=O)c1cnc(-n2ccc3cc(C#N)cnc32)cc1N[C@@H]1COC[C@H]1O. The van der Waals surface area contributed by atoms with Gasteiger partial charge in [0.2, 0.25) is 0 Å². The number of carbonyl (C=O) groups excluding carboxylic acids is 1. The molecule has 1 aliphatic heterocycles. The average molecular weight is 468 g/mol. The molecule has 3 aromatic rings. The summed E-state index contributed by atoms with van der Waals surface area (Å²) in [6.45, 7) is 2.68. The Hall–Kier alpha value is -3.59. The minimum absolute atomic E-state index is 0.141. The number of aliphatic hydroxyl groups excluding tert-OH is 1. The number of anilines is 1. The summed E-state index contributed by atoms with van der Waals surface area (Å²) in [6.07, 6.45) is 2.12. The fourth-order valence-electron chi connectivity index (χ4n) is 3.55. The minimum atomic E-state index is -1.67. The van der Waals surface area contributed by atoms with Crippen molar-refractivity contribution < 1.29 is 24.1 Å². The van der Waals surface area contributed by atoms with E-state index in [1.54, 1.807) is 29.0 Å². The Labute approximate surface area is 195 Å². The summed E-state index contributed by atoms with van der Waals surface area (Å²) in [5.74, 6) is -0.143. The number of ether oxygens (including phenoxy) is 1. The van der Waals surface area contributed by atoms with Crippen LogP contribution in [0.1, 0.15) is 29.8 Å². The Bertz CT molecular complexity index is 1250. The van der Waals surface area contributed by atoms with E-state index in [0.29, 0.717) is 22.7 Å². The van der Waals surface area contributed by atoms with Gasteiger partial charge < -0.3 is 25.6 Å². The van der Waals surface area contributed by atoms with E-state index < -0.39 is 29.8 Å². The van der Waals surface area contributed by atoms with Gasteiger partial charge in [-0.3, -0.25) is 9.36 Å². The molecule has 3 aromatic heterocycles. The third-order valence-corrected chi connectivity index (χ3v) is 5.64. The molecule has 1 fully saturated rings. The maximum absolute atomic E-state index is 14.1. The van der Waals surface area contributed by atoms with Gasteiger partial charge in [-0.2, -0.15) is 5.26 Å². The first-order chi connectivity index (χ1) is 16.2.